The van der Waals surface area contributed by atoms with E-state index in [9.17, 15) is 4.79 Å². The van der Waals surface area contributed by atoms with E-state index in [0.717, 1.165) is 6.42 Å². The molecule has 1 aromatic rings. The highest BCUT2D eigenvalue weighted by atomic mass is 35.5. The van der Waals surface area contributed by atoms with Crippen LogP contribution < -0.4 is 5.32 Å². The first-order valence-electron chi connectivity index (χ1n) is 5.31. The second-order valence-corrected chi connectivity index (χ2v) is 4.19. The van der Waals surface area contributed by atoms with Crippen molar-refractivity contribution in [2.75, 3.05) is 6.54 Å². The predicted molar refractivity (Wildman–Crippen MR) is 64.7 cm³/mol. The topological polar surface area (TPSA) is 49.3 Å². The number of hydrogen-bond acceptors (Lipinski definition) is 2. The summed E-state index contributed by atoms with van der Waals surface area (Å²) < 4.78 is 0. The summed E-state index contributed by atoms with van der Waals surface area (Å²) >= 11 is 5.78. The van der Waals surface area contributed by atoms with E-state index < -0.39 is 0 Å². The molecule has 0 radical (unpaired) electrons. The highest BCUT2D eigenvalue weighted by Gasteiger charge is 2.04. The van der Waals surface area contributed by atoms with Gasteiger partial charge in [0.25, 0.3) is 5.91 Å². The van der Waals surface area contributed by atoms with Crippen molar-refractivity contribution in [1.29, 1.82) is 0 Å². The van der Waals surface area contributed by atoms with E-state index in [2.05, 4.69) is 5.32 Å². The lowest BCUT2D eigenvalue weighted by atomic mass is 10.2. The Morgan fingerprint density at radius 2 is 2.31 bits per heavy atom. The van der Waals surface area contributed by atoms with Crippen molar-refractivity contribution in [2.24, 2.45) is 0 Å². The molecular formula is C12H16ClNO2. The van der Waals surface area contributed by atoms with Gasteiger partial charge >= 0.3 is 0 Å². The zero-order valence-corrected chi connectivity index (χ0v) is 10.00. The molecule has 1 rings (SSSR count). The normalized spacial score (nSPS) is 12.2. The first-order chi connectivity index (χ1) is 7.59. The maximum Gasteiger partial charge on any atom is 0.251 e. The average Bonchev–Trinajstić information content (AvgIpc) is 2.24. The molecule has 0 aliphatic heterocycles. The number of aliphatic hydroxyl groups is 1. The van der Waals surface area contributed by atoms with Crippen LogP contribution in [0.15, 0.2) is 24.3 Å². The molecule has 3 nitrogen and oxygen atoms in total. The number of halogens is 1. The molecule has 0 bridgehead atoms. The van der Waals surface area contributed by atoms with E-state index in [1.807, 2.05) is 0 Å². The Morgan fingerprint density at radius 3 is 2.94 bits per heavy atom. The van der Waals surface area contributed by atoms with E-state index in [1.165, 1.54) is 0 Å². The maximum atomic E-state index is 11.6. The molecule has 0 saturated carbocycles. The molecule has 16 heavy (non-hydrogen) atoms. The number of rotatable bonds is 5. The van der Waals surface area contributed by atoms with Crippen LogP contribution >= 0.6 is 11.6 Å². The summed E-state index contributed by atoms with van der Waals surface area (Å²) in [6.07, 6.45) is 1.14. The molecule has 0 aliphatic carbocycles. The van der Waals surface area contributed by atoms with Gasteiger partial charge in [-0.1, -0.05) is 17.7 Å². The molecule has 1 atom stereocenters. The summed E-state index contributed by atoms with van der Waals surface area (Å²) in [5, 5.41) is 12.4. The Hall–Kier alpha value is -1.06. The van der Waals surface area contributed by atoms with E-state index in [-0.39, 0.29) is 12.0 Å². The zero-order valence-electron chi connectivity index (χ0n) is 9.24. The van der Waals surface area contributed by atoms with Gasteiger partial charge < -0.3 is 10.4 Å². The van der Waals surface area contributed by atoms with Gasteiger partial charge in [-0.15, -0.1) is 0 Å². The number of nitrogens with one attached hydrogen (secondary N) is 1. The molecule has 0 heterocycles. The molecule has 0 aromatic heterocycles. The van der Waals surface area contributed by atoms with Crippen LogP contribution in [-0.4, -0.2) is 23.7 Å². The van der Waals surface area contributed by atoms with Crippen molar-refractivity contribution in [1.82, 2.24) is 5.32 Å². The second kappa shape index (κ2) is 6.51. The second-order valence-electron chi connectivity index (χ2n) is 3.76. The van der Waals surface area contributed by atoms with E-state index >= 15 is 0 Å². The van der Waals surface area contributed by atoms with Crippen molar-refractivity contribution in [2.45, 2.75) is 25.9 Å². The molecule has 0 saturated heterocycles. The number of amides is 1. The van der Waals surface area contributed by atoms with Crippen LogP contribution in [0.2, 0.25) is 5.02 Å². The van der Waals surface area contributed by atoms with Crippen LogP contribution in [0.1, 0.15) is 30.1 Å². The van der Waals surface area contributed by atoms with Gasteiger partial charge in [0, 0.05) is 17.1 Å². The van der Waals surface area contributed by atoms with E-state index in [0.29, 0.717) is 23.6 Å². The van der Waals surface area contributed by atoms with Crippen LogP contribution in [0.25, 0.3) is 0 Å². The van der Waals surface area contributed by atoms with Gasteiger partial charge in [0.05, 0.1) is 6.10 Å². The molecule has 1 aromatic carbocycles. The summed E-state index contributed by atoms with van der Waals surface area (Å²) in [6.45, 7) is 2.30. The van der Waals surface area contributed by atoms with Crippen molar-refractivity contribution >= 4 is 17.5 Å². The third kappa shape index (κ3) is 4.64. The Morgan fingerprint density at radius 1 is 1.56 bits per heavy atom. The fraction of sp³-hybridized carbons (Fsp3) is 0.417. The molecule has 0 fully saturated rings. The van der Waals surface area contributed by atoms with Crippen LogP contribution in [0.4, 0.5) is 0 Å². The summed E-state index contributed by atoms with van der Waals surface area (Å²) in [5.74, 6) is -0.131. The Bertz CT molecular complexity index is 353. The smallest absolute Gasteiger partial charge is 0.251 e. The zero-order chi connectivity index (χ0) is 12.0. The lowest BCUT2D eigenvalue weighted by molar-refractivity contribution is 0.0949. The first-order valence-corrected chi connectivity index (χ1v) is 5.69. The Labute approximate surface area is 100 Å². The summed E-state index contributed by atoms with van der Waals surface area (Å²) in [4.78, 5) is 11.6. The quantitative estimate of drug-likeness (QED) is 0.777. The molecule has 0 spiro atoms. The lowest BCUT2D eigenvalue weighted by Gasteiger charge is -2.06. The first kappa shape index (κ1) is 13.0. The van der Waals surface area contributed by atoms with Crippen LogP contribution in [-0.2, 0) is 0 Å². The predicted octanol–water partition coefficient (Wildman–Crippen LogP) is 2.23. The average molecular weight is 242 g/mol. The summed E-state index contributed by atoms with van der Waals surface area (Å²) in [5.41, 5.74) is 0.560. The number of aliphatic hydroxyl groups excluding tert-OH is 1. The summed E-state index contributed by atoms with van der Waals surface area (Å²) in [7, 11) is 0. The van der Waals surface area contributed by atoms with Crippen molar-refractivity contribution in [3.05, 3.63) is 34.9 Å². The molecular weight excluding hydrogens is 226 g/mol. The van der Waals surface area contributed by atoms with Crippen LogP contribution in [0.3, 0.4) is 0 Å². The minimum Gasteiger partial charge on any atom is -0.393 e. The molecule has 1 amide bonds. The number of hydrogen-bond donors (Lipinski definition) is 2. The lowest BCUT2D eigenvalue weighted by Crippen LogP contribution is -2.24. The van der Waals surface area contributed by atoms with Gasteiger partial charge in [-0.25, -0.2) is 0 Å². The van der Waals surface area contributed by atoms with Gasteiger partial charge in [-0.3, -0.25) is 4.79 Å². The monoisotopic (exact) mass is 241 g/mol. The van der Waals surface area contributed by atoms with Gasteiger partial charge in [0.1, 0.15) is 0 Å². The molecule has 0 aliphatic rings. The van der Waals surface area contributed by atoms with Crippen molar-refractivity contribution < 1.29 is 9.90 Å². The standard InChI is InChI=1S/C12H16ClNO2/c1-9(15)4-3-7-14-12(16)10-5-2-6-11(13)8-10/h2,5-6,8-9,15H,3-4,7H2,1H3,(H,14,16). The van der Waals surface area contributed by atoms with Crippen LogP contribution in [0, 0.1) is 0 Å². The number of carbonyl (C=O) groups is 1. The van der Waals surface area contributed by atoms with E-state index in [4.69, 9.17) is 16.7 Å². The fourth-order valence-corrected chi connectivity index (χ4v) is 1.52. The van der Waals surface area contributed by atoms with Crippen LogP contribution in [0.5, 0.6) is 0 Å². The third-order valence-electron chi connectivity index (χ3n) is 2.17. The molecule has 4 heteroatoms. The van der Waals surface area contributed by atoms with Crippen molar-refractivity contribution in [3.8, 4) is 0 Å². The number of benzene rings is 1. The Balaban J connectivity index is 2.35. The SMILES string of the molecule is CC(O)CCCNC(=O)c1cccc(Cl)c1. The fourth-order valence-electron chi connectivity index (χ4n) is 1.33. The van der Waals surface area contributed by atoms with E-state index in [1.54, 1.807) is 31.2 Å². The van der Waals surface area contributed by atoms with Gasteiger partial charge in [-0.2, -0.15) is 0 Å². The minimum absolute atomic E-state index is 0.131. The summed E-state index contributed by atoms with van der Waals surface area (Å²) in [6, 6.07) is 6.82. The largest absolute Gasteiger partial charge is 0.393 e. The minimum atomic E-state index is -0.317. The number of carbonyl (C=O) groups excluding carboxylic acids is 1. The highest BCUT2D eigenvalue weighted by Crippen LogP contribution is 2.10. The third-order valence-corrected chi connectivity index (χ3v) is 2.41. The van der Waals surface area contributed by atoms with Crippen molar-refractivity contribution in [3.63, 3.8) is 0 Å². The molecule has 1 unspecified atom stereocenters. The molecule has 2 N–H and O–H groups in total. The van der Waals surface area contributed by atoms with Gasteiger partial charge in [0.2, 0.25) is 0 Å². The highest BCUT2D eigenvalue weighted by molar-refractivity contribution is 6.30. The molecule has 88 valence electrons. The maximum absolute atomic E-state index is 11.6. The Kier molecular flexibility index (Phi) is 5.29. The van der Waals surface area contributed by atoms with Gasteiger partial charge in [0.15, 0.2) is 0 Å². The van der Waals surface area contributed by atoms with Gasteiger partial charge in [-0.05, 0) is 38.0 Å².